The maximum atomic E-state index is 5.25. The van der Waals surface area contributed by atoms with Crippen molar-refractivity contribution < 1.29 is 0 Å². The Labute approximate surface area is 344 Å². The van der Waals surface area contributed by atoms with Crippen molar-refractivity contribution in [3.8, 4) is 67.4 Å². The van der Waals surface area contributed by atoms with Gasteiger partial charge in [0.2, 0.25) is 0 Å². The van der Waals surface area contributed by atoms with Gasteiger partial charge in [-0.1, -0.05) is 176 Å². The first-order chi connectivity index (χ1) is 29.2. The van der Waals surface area contributed by atoms with Crippen molar-refractivity contribution in [3.05, 3.63) is 247 Å². The maximum absolute atomic E-state index is 5.25. The smallest absolute Gasteiger partial charge is 0.160 e. The van der Waals surface area contributed by atoms with E-state index in [1.807, 2.05) is 42.6 Å². The average Bonchev–Trinajstić information content (AvgIpc) is 3.62. The van der Waals surface area contributed by atoms with Gasteiger partial charge in [-0.3, -0.25) is 4.98 Å². The van der Waals surface area contributed by atoms with Gasteiger partial charge in [-0.15, -0.1) is 0 Å². The number of benzene rings is 8. The molecule has 3 nitrogen and oxygen atoms in total. The van der Waals surface area contributed by atoms with Crippen LogP contribution in [0.15, 0.2) is 225 Å². The molecule has 3 heteroatoms. The normalized spacial score (nSPS) is 12.5. The van der Waals surface area contributed by atoms with Crippen LogP contribution >= 0.6 is 0 Å². The second-order valence-corrected chi connectivity index (χ2v) is 15.2. The van der Waals surface area contributed by atoms with Crippen LogP contribution in [0.3, 0.4) is 0 Å². The van der Waals surface area contributed by atoms with Crippen LogP contribution in [0.5, 0.6) is 0 Å². The molecule has 0 spiro atoms. The van der Waals surface area contributed by atoms with Gasteiger partial charge in [0.05, 0.1) is 22.5 Å². The van der Waals surface area contributed by atoms with Gasteiger partial charge < -0.3 is 0 Å². The highest BCUT2D eigenvalue weighted by Crippen LogP contribution is 2.57. The van der Waals surface area contributed by atoms with E-state index in [-0.39, 0.29) is 0 Å². The van der Waals surface area contributed by atoms with E-state index in [0.29, 0.717) is 5.82 Å². The molecule has 10 aromatic rings. The van der Waals surface area contributed by atoms with Gasteiger partial charge in [0.25, 0.3) is 0 Å². The Morgan fingerprint density at radius 2 is 0.763 bits per heavy atom. The minimum Gasteiger partial charge on any atom is -0.256 e. The van der Waals surface area contributed by atoms with Crippen molar-refractivity contribution in [2.75, 3.05) is 0 Å². The lowest BCUT2D eigenvalue weighted by Gasteiger charge is -2.34. The van der Waals surface area contributed by atoms with Crippen LogP contribution < -0.4 is 0 Å². The fourth-order valence-corrected chi connectivity index (χ4v) is 9.01. The Morgan fingerprint density at radius 3 is 1.37 bits per heavy atom. The van der Waals surface area contributed by atoms with Crippen LogP contribution in [0.4, 0.5) is 0 Å². The Kier molecular flexibility index (Phi) is 8.37. The third kappa shape index (κ3) is 5.95. The molecule has 0 aliphatic heterocycles. The van der Waals surface area contributed by atoms with E-state index >= 15 is 0 Å². The molecule has 0 fully saturated rings. The molecule has 11 rings (SSSR count). The summed E-state index contributed by atoms with van der Waals surface area (Å²) in [5, 5.41) is 2.39. The Morgan fingerprint density at radius 1 is 0.305 bits per heavy atom. The molecule has 0 bridgehead atoms. The lowest BCUT2D eigenvalue weighted by molar-refractivity contribution is 0.769. The van der Waals surface area contributed by atoms with E-state index in [4.69, 9.17) is 9.97 Å². The molecule has 2 heterocycles. The van der Waals surface area contributed by atoms with E-state index in [1.54, 1.807) is 0 Å². The summed E-state index contributed by atoms with van der Waals surface area (Å²) in [4.78, 5) is 14.9. The molecule has 276 valence electrons. The van der Waals surface area contributed by atoms with Crippen molar-refractivity contribution >= 4 is 10.8 Å². The Hall–Kier alpha value is -7.75. The second-order valence-electron chi connectivity index (χ2n) is 15.2. The lowest BCUT2D eigenvalue weighted by atomic mass is 9.67. The first-order valence-electron chi connectivity index (χ1n) is 20.1. The predicted molar refractivity (Wildman–Crippen MR) is 242 cm³/mol. The van der Waals surface area contributed by atoms with E-state index in [0.717, 1.165) is 39.3 Å². The molecule has 59 heavy (non-hydrogen) atoms. The van der Waals surface area contributed by atoms with Gasteiger partial charge in [0.1, 0.15) is 0 Å². The summed E-state index contributed by atoms with van der Waals surface area (Å²) in [6.07, 6.45) is 1.85. The second kappa shape index (κ2) is 14.3. The van der Waals surface area contributed by atoms with Gasteiger partial charge in [-0.05, 0) is 97.7 Å². The summed E-state index contributed by atoms with van der Waals surface area (Å²) < 4.78 is 0. The van der Waals surface area contributed by atoms with Crippen LogP contribution in [-0.4, -0.2) is 15.0 Å². The summed E-state index contributed by atoms with van der Waals surface area (Å²) in [5.74, 6) is 0.705. The molecule has 2 aromatic heterocycles. The number of hydrogen-bond acceptors (Lipinski definition) is 3. The number of fused-ring (bicyclic) bond motifs is 4. The van der Waals surface area contributed by atoms with Crippen LogP contribution in [0, 0.1) is 0 Å². The average molecular weight is 752 g/mol. The highest BCUT2D eigenvalue weighted by Gasteiger charge is 2.46. The van der Waals surface area contributed by atoms with E-state index in [1.165, 1.54) is 55.3 Å². The van der Waals surface area contributed by atoms with E-state index in [2.05, 4.69) is 187 Å². The first-order valence-corrected chi connectivity index (χ1v) is 20.1. The summed E-state index contributed by atoms with van der Waals surface area (Å²) in [6, 6.07) is 78.2. The van der Waals surface area contributed by atoms with E-state index in [9.17, 15) is 0 Å². The van der Waals surface area contributed by atoms with Gasteiger partial charge in [-0.25, -0.2) is 9.97 Å². The summed E-state index contributed by atoms with van der Waals surface area (Å²) in [6.45, 7) is 0. The third-order valence-electron chi connectivity index (χ3n) is 11.8. The highest BCUT2D eigenvalue weighted by molar-refractivity contribution is 5.93. The fourth-order valence-electron chi connectivity index (χ4n) is 9.01. The molecule has 1 aliphatic rings. The molecule has 8 aromatic carbocycles. The molecule has 0 N–H and O–H groups in total. The van der Waals surface area contributed by atoms with Crippen LogP contribution in [-0.2, 0) is 5.41 Å². The van der Waals surface area contributed by atoms with Crippen LogP contribution in [0.2, 0.25) is 0 Å². The summed E-state index contributed by atoms with van der Waals surface area (Å²) >= 11 is 0. The fraction of sp³-hybridized carbons (Fsp3) is 0.0179. The maximum Gasteiger partial charge on any atom is 0.160 e. The van der Waals surface area contributed by atoms with Gasteiger partial charge >= 0.3 is 0 Å². The summed E-state index contributed by atoms with van der Waals surface area (Å²) in [7, 11) is 0. The molecule has 0 saturated carbocycles. The number of rotatable bonds is 7. The molecule has 0 saturated heterocycles. The topological polar surface area (TPSA) is 38.7 Å². The lowest BCUT2D eigenvalue weighted by Crippen LogP contribution is -2.28. The zero-order valence-electron chi connectivity index (χ0n) is 32.2. The van der Waals surface area contributed by atoms with Gasteiger partial charge in [0.15, 0.2) is 5.82 Å². The van der Waals surface area contributed by atoms with Crippen molar-refractivity contribution in [2.45, 2.75) is 5.41 Å². The zero-order valence-corrected chi connectivity index (χ0v) is 32.2. The Balaban J connectivity index is 1.11. The molecule has 0 atom stereocenters. The highest BCUT2D eigenvalue weighted by atomic mass is 14.9. The van der Waals surface area contributed by atoms with Crippen molar-refractivity contribution in [1.82, 2.24) is 15.0 Å². The molecular formula is C56H37N3. The van der Waals surface area contributed by atoms with Gasteiger partial charge in [0, 0.05) is 28.5 Å². The predicted octanol–water partition coefficient (Wildman–Crippen LogP) is 13.7. The minimum absolute atomic E-state index is 0.592. The SMILES string of the molecule is c1ccc(-c2cc(-c3ccc4c(c3)C(c3ccccc3)(c3ccccc3)c3cc(-c5ccc6cc(-c7ccccn7)ccc6c5)ccc3-4)nc(-c3ccccc3)n2)cc1. The Bertz CT molecular complexity index is 3030. The van der Waals surface area contributed by atoms with Crippen molar-refractivity contribution in [3.63, 3.8) is 0 Å². The number of nitrogens with zero attached hydrogens (tertiary/aromatic N) is 3. The minimum atomic E-state index is -0.592. The van der Waals surface area contributed by atoms with E-state index < -0.39 is 5.41 Å². The molecule has 0 unspecified atom stereocenters. The van der Waals surface area contributed by atoms with Crippen LogP contribution in [0.1, 0.15) is 22.3 Å². The zero-order chi connectivity index (χ0) is 39.2. The molecule has 0 radical (unpaired) electrons. The molecule has 1 aliphatic carbocycles. The van der Waals surface area contributed by atoms with Crippen LogP contribution in [0.25, 0.3) is 78.2 Å². The molecular weight excluding hydrogens is 715 g/mol. The number of pyridine rings is 1. The summed E-state index contributed by atoms with van der Waals surface area (Å²) in [5.41, 5.74) is 16.1. The van der Waals surface area contributed by atoms with Gasteiger partial charge in [-0.2, -0.15) is 0 Å². The number of aromatic nitrogens is 3. The molecule has 0 amide bonds. The monoisotopic (exact) mass is 751 g/mol. The van der Waals surface area contributed by atoms with Crippen molar-refractivity contribution in [1.29, 1.82) is 0 Å². The number of hydrogen-bond donors (Lipinski definition) is 0. The third-order valence-corrected chi connectivity index (χ3v) is 11.8. The quantitative estimate of drug-likeness (QED) is 0.163. The largest absolute Gasteiger partial charge is 0.256 e. The first kappa shape index (κ1) is 34.5. The standard InChI is InChI=1S/C56H37N3/c1-5-15-38(16-6-1)53-37-54(59-55(58-53)39-17-7-2-8-18-39)45-29-31-49-48-30-28-43(41-24-25-42-34-44(27-26-40(42)33-41)52-23-13-14-32-57-52)35-50(48)56(51(49)36-45,46-19-9-3-10-20-46)47-21-11-4-12-22-47/h1-37H. The van der Waals surface area contributed by atoms with Crippen molar-refractivity contribution in [2.24, 2.45) is 0 Å².